The summed E-state index contributed by atoms with van der Waals surface area (Å²) in [5.41, 5.74) is 5.09. The fraction of sp³-hybridized carbons (Fsp3) is 0.111. The SMILES string of the molecule is Cc1cc(I)ccc1NCc1cc(-c2ccccc2)cs1. The summed E-state index contributed by atoms with van der Waals surface area (Å²) in [6.07, 6.45) is 0. The molecular weight excluding hydrogens is 389 g/mol. The van der Waals surface area contributed by atoms with Crippen molar-refractivity contribution in [3.8, 4) is 11.1 Å². The Bertz CT molecular complexity index is 734. The average molecular weight is 405 g/mol. The standard InChI is InChI=1S/C18H16INS/c1-13-9-16(19)7-8-18(13)20-11-17-10-15(12-21-17)14-5-3-2-4-6-14/h2-10,12,20H,11H2,1H3. The molecule has 0 spiro atoms. The molecule has 1 heterocycles. The first-order chi connectivity index (χ1) is 10.2. The summed E-state index contributed by atoms with van der Waals surface area (Å²) in [6, 6.07) is 19.3. The van der Waals surface area contributed by atoms with E-state index in [4.69, 9.17) is 0 Å². The third kappa shape index (κ3) is 3.66. The highest BCUT2D eigenvalue weighted by Crippen LogP contribution is 2.26. The van der Waals surface area contributed by atoms with Gasteiger partial charge < -0.3 is 5.32 Å². The van der Waals surface area contributed by atoms with E-state index in [1.807, 2.05) is 11.3 Å². The Morgan fingerprint density at radius 3 is 2.57 bits per heavy atom. The van der Waals surface area contributed by atoms with Crippen molar-refractivity contribution in [3.63, 3.8) is 0 Å². The highest BCUT2D eigenvalue weighted by atomic mass is 127. The zero-order chi connectivity index (χ0) is 14.7. The lowest BCUT2D eigenvalue weighted by atomic mass is 10.1. The van der Waals surface area contributed by atoms with Crippen molar-refractivity contribution in [2.75, 3.05) is 5.32 Å². The number of hydrogen-bond acceptors (Lipinski definition) is 2. The smallest absolute Gasteiger partial charge is 0.0494 e. The second-order valence-corrected chi connectivity index (χ2v) is 7.22. The molecule has 0 amide bonds. The highest BCUT2D eigenvalue weighted by molar-refractivity contribution is 14.1. The van der Waals surface area contributed by atoms with Crippen LogP contribution in [0.25, 0.3) is 11.1 Å². The first-order valence-corrected chi connectivity index (χ1v) is 8.81. The molecule has 0 atom stereocenters. The molecule has 3 heteroatoms. The van der Waals surface area contributed by atoms with E-state index in [-0.39, 0.29) is 0 Å². The van der Waals surface area contributed by atoms with E-state index >= 15 is 0 Å². The van der Waals surface area contributed by atoms with E-state index in [1.54, 1.807) is 0 Å². The Morgan fingerprint density at radius 1 is 1.00 bits per heavy atom. The molecule has 2 aromatic carbocycles. The van der Waals surface area contributed by atoms with Crippen LogP contribution < -0.4 is 5.32 Å². The third-order valence-corrected chi connectivity index (χ3v) is 5.01. The second-order valence-electron chi connectivity index (χ2n) is 4.98. The van der Waals surface area contributed by atoms with Crippen LogP contribution in [-0.4, -0.2) is 0 Å². The summed E-state index contributed by atoms with van der Waals surface area (Å²) in [4.78, 5) is 1.35. The van der Waals surface area contributed by atoms with Crippen molar-refractivity contribution in [2.45, 2.75) is 13.5 Å². The number of hydrogen-bond donors (Lipinski definition) is 1. The summed E-state index contributed by atoms with van der Waals surface area (Å²) in [6.45, 7) is 3.02. The minimum Gasteiger partial charge on any atom is -0.380 e. The monoisotopic (exact) mass is 405 g/mol. The van der Waals surface area contributed by atoms with Crippen LogP contribution in [0.2, 0.25) is 0 Å². The predicted molar refractivity (Wildman–Crippen MR) is 101 cm³/mol. The fourth-order valence-electron chi connectivity index (χ4n) is 2.26. The number of rotatable bonds is 4. The van der Waals surface area contributed by atoms with Gasteiger partial charge in [-0.1, -0.05) is 30.3 Å². The molecule has 1 N–H and O–H groups in total. The zero-order valence-electron chi connectivity index (χ0n) is 11.8. The molecule has 3 aromatic rings. The molecule has 1 aromatic heterocycles. The van der Waals surface area contributed by atoms with Crippen LogP contribution >= 0.6 is 33.9 Å². The molecular formula is C18H16INS. The van der Waals surface area contributed by atoms with Crippen molar-refractivity contribution in [3.05, 3.63) is 74.0 Å². The first-order valence-electron chi connectivity index (χ1n) is 6.85. The lowest BCUT2D eigenvalue weighted by Gasteiger charge is -2.08. The highest BCUT2D eigenvalue weighted by Gasteiger charge is 2.03. The molecule has 0 saturated carbocycles. The lowest BCUT2D eigenvalue weighted by Crippen LogP contribution is -1.99. The van der Waals surface area contributed by atoms with Gasteiger partial charge in [0.15, 0.2) is 0 Å². The van der Waals surface area contributed by atoms with E-state index in [0.29, 0.717) is 0 Å². The molecule has 0 radical (unpaired) electrons. The quantitative estimate of drug-likeness (QED) is 0.530. The number of benzene rings is 2. The van der Waals surface area contributed by atoms with E-state index in [0.717, 1.165) is 6.54 Å². The van der Waals surface area contributed by atoms with Gasteiger partial charge in [-0.15, -0.1) is 11.3 Å². The minimum atomic E-state index is 0.874. The van der Waals surface area contributed by atoms with Crippen molar-refractivity contribution in [1.82, 2.24) is 0 Å². The van der Waals surface area contributed by atoms with Gasteiger partial charge in [0.25, 0.3) is 0 Å². The summed E-state index contributed by atoms with van der Waals surface area (Å²) < 4.78 is 1.28. The number of halogens is 1. The van der Waals surface area contributed by atoms with Gasteiger partial charge in [-0.3, -0.25) is 0 Å². The maximum absolute atomic E-state index is 3.53. The molecule has 0 fully saturated rings. The predicted octanol–water partition coefficient (Wildman–Crippen LogP) is 5.94. The number of aryl methyl sites for hydroxylation is 1. The van der Waals surface area contributed by atoms with Gasteiger partial charge in [0, 0.05) is 20.7 Å². The first kappa shape index (κ1) is 14.6. The Morgan fingerprint density at radius 2 is 1.81 bits per heavy atom. The molecule has 0 bridgehead atoms. The van der Waals surface area contributed by atoms with Crippen LogP contribution in [0.1, 0.15) is 10.4 Å². The van der Waals surface area contributed by atoms with Crippen LogP contribution in [0, 0.1) is 10.5 Å². The van der Waals surface area contributed by atoms with E-state index in [9.17, 15) is 0 Å². The van der Waals surface area contributed by atoms with Gasteiger partial charge in [0.2, 0.25) is 0 Å². The fourth-order valence-corrected chi connectivity index (χ4v) is 3.74. The van der Waals surface area contributed by atoms with Crippen molar-refractivity contribution in [1.29, 1.82) is 0 Å². The van der Waals surface area contributed by atoms with Crippen LogP contribution in [-0.2, 0) is 6.54 Å². The molecule has 0 aliphatic heterocycles. The van der Waals surface area contributed by atoms with Gasteiger partial charge in [-0.05, 0) is 75.9 Å². The maximum atomic E-state index is 3.53. The van der Waals surface area contributed by atoms with E-state index in [1.165, 1.54) is 30.8 Å². The number of nitrogens with one attached hydrogen (secondary N) is 1. The van der Waals surface area contributed by atoms with Crippen LogP contribution in [0.15, 0.2) is 60.0 Å². The molecule has 3 rings (SSSR count). The molecule has 1 nitrogen and oxygen atoms in total. The van der Waals surface area contributed by atoms with Gasteiger partial charge in [-0.2, -0.15) is 0 Å². The maximum Gasteiger partial charge on any atom is 0.0494 e. The van der Waals surface area contributed by atoms with Crippen LogP contribution in [0.3, 0.4) is 0 Å². The second kappa shape index (κ2) is 6.62. The topological polar surface area (TPSA) is 12.0 Å². The van der Waals surface area contributed by atoms with Gasteiger partial charge >= 0.3 is 0 Å². The average Bonchev–Trinajstić information content (AvgIpc) is 2.96. The third-order valence-electron chi connectivity index (χ3n) is 3.40. The molecule has 106 valence electrons. The normalized spacial score (nSPS) is 10.6. The summed E-state index contributed by atoms with van der Waals surface area (Å²) in [5.74, 6) is 0. The number of anilines is 1. The Hall–Kier alpha value is -1.33. The van der Waals surface area contributed by atoms with E-state index in [2.05, 4.69) is 94.8 Å². The van der Waals surface area contributed by atoms with Crippen molar-refractivity contribution in [2.24, 2.45) is 0 Å². The molecule has 0 unspecified atom stereocenters. The van der Waals surface area contributed by atoms with Crippen LogP contribution in [0.5, 0.6) is 0 Å². The lowest BCUT2D eigenvalue weighted by molar-refractivity contribution is 1.18. The van der Waals surface area contributed by atoms with Crippen molar-refractivity contribution >= 4 is 39.6 Å². The largest absolute Gasteiger partial charge is 0.380 e. The Labute approximate surface area is 143 Å². The Kier molecular flexibility index (Phi) is 4.60. The summed E-state index contributed by atoms with van der Waals surface area (Å²) in [7, 11) is 0. The van der Waals surface area contributed by atoms with Gasteiger partial charge in [0.1, 0.15) is 0 Å². The molecule has 0 saturated heterocycles. The van der Waals surface area contributed by atoms with Crippen LogP contribution in [0.4, 0.5) is 5.69 Å². The Balaban J connectivity index is 1.70. The van der Waals surface area contributed by atoms with Gasteiger partial charge in [-0.25, -0.2) is 0 Å². The summed E-state index contributed by atoms with van der Waals surface area (Å²) in [5, 5.41) is 5.76. The molecule has 0 aliphatic rings. The number of thiophene rings is 1. The molecule has 21 heavy (non-hydrogen) atoms. The summed E-state index contributed by atoms with van der Waals surface area (Å²) >= 11 is 4.15. The van der Waals surface area contributed by atoms with E-state index < -0.39 is 0 Å². The minimum absolute atomic E-state index is 0.874. The zero-order valence-corrected chi connectivity index (χ0v) is 14.7. The van der Waals surface area contributed by atoms with Gasteiger partial charge in [0.05, 0.1) is 0 Å². The molecule has 0 aliphatic carbocycles. The van der Waals surface area contributed by atoms with Crippen molar-refractivity contribution < 1.29 is 0 Å².